The van der Waals surface area contributed by atoms with Gasteiger partial charge in [0.1, 0.15) is 11.2 Å². The van der Waals surface area contributed by atoms with Gasteiger partial charge >= 0.3 is 0 Å². The van der Waals surface area contributed by atoms with Crippen LogP contribution in [0.2, 0.25) is 0 Å². The predicted molar refractivity (Wildman–Crippen MR) is 210 cm³/mol. The molecule has 0 aliphatic heterocycles. The zero-order valence-corrected chi connectivity index (χ0v) is 28.2. The Morgan fingerprint density at radius 2 is 1.27 bits per heavy atom. The SMILES string of the molecule is CC1(C)c2ccc3c(c2-c2ccc4c(oc5ccccc54)c21)c1ccccc1n3-c1ccc(-c2nc(-c3ccccc3)c3ccccc3n2)cc1. The number of para-hydroxylation sites is 3. The molecule has 4 heteroatoms. The van der Waals surface area contributed by atoms with Gasteiger partial charge in [0.25, 0.3) is 0 Å². The van der Waals surface area contributed by atoms with E-state index in [1.165, 1.54) is 49.4 Å². The highest BCUT2D eigenvalue weighted by molar-refractivity contribution is 6.19. The summed E-state index contributed by atoms with van der Waals surface area (Å²) in [6.07, 6.45) is 0. The van der Waals surface area contributed by atoms with E-state index in [9.17, 15) is 0 Å². The van der Waals surface area contributed by atoms with Crippen molar-refractivity contribution in [3.05, 3.63) is 163 Å². The molecule has 0 bridgehead atoms. The Bertz CT molecular complexity index is 3040. The van der Waals surface area contributed by atoms with Crippen molar-refractivity contribution in [1.82, 2.24) is 14.5 Å². The Morgan fingerprint density at radius 1 is 0.549 bits per heavy atom. The van der Waals surface area contributed by atoms with Crippen molar-refractivity contribution in [2.75, 3.05) is 0 Å². The van der Waals surface area contributed by atoms with Gasteiger partial charge in [0.2, 0.25) is 0 Å². The number of benzene rings is 7. The first kappa shape index (κ1) is 28.3. The Morgan fingerprint density at radius 3 is 2.12 bits per heavy atom. The maximum atomic E-state index is 6.62. The molecule has 0 atom stereocenters. The van der Waals surface area contributed by atoms with Crippen LogP contribution in [0.4, 0.5) is 0 Å². The number of nitrogens with zero attached hydrogens (tertiary/aromatic N) is 3. The average Bonchev–Trinajstić information content (AvgIpc) is 3.80. The van der Waals surface area contributed by atoms with E-state index in [4.69, 9.17) is 14.4 Å². The van der Waals surface area contributed by atoms with Crippen LogP contribution in [0.15, 0.2) is 156 Å². The third-order valence-corrected chi connectivity index (χ3v) is 11.0. The molecular formula is C47H31N3O. The topological polar surface area (TPSA) is 43.9 Å². The highest BCUT2D eigenvalue weighted by Gasteiger charge is 2.40. The molecule has 3 aromatic heterocycles. The van der Waals surface area contributed by atoms with Crippen LogP contribution in [0.5, 0.6) is 0 Å². The first-order valence-corrected chi connectivity index (χ1v) is 17.5. The van der Waals surface area contributed by atoms with Gasteiger partial charge in [-0.05, 0) is 71.3 Å². The minimum absolute atomic E-state index is 0.227. The molecular weight excluding hydrogens is 623 g/mol. The first-order valence-electron chi connectivity index (χ1n) is 17.5. The van der Waals surface area contributed by atoms with Crippen LogP contribution in [0.3, 0.4) is 0 Å². The average molecular weight is 654 g/mol. The predicted octanol–water partition coefficient (Wildman–Crippen LogP) is 12.3. The van der Waals surface area contributed by atoms with Gasteiger partial charge in [-0.25, -0.2) is 9.97 Å². The summed E-state index contributed by atoms with van der Waals surface area (Å²) in [5.74, 6) is 0.717. The van der Waals surface area contributed by atoms with Crippen molar-refractivity contribution in [1.29, 1.82) is 0 Å². The molecule has 3 heterocycles. The van der Waals surface area contributed by atoms with Crippen LogP contribution in [0, 0.1) is 0 Å². The molecule has 0 saturated heterocycles. The lowest BCUT2D eigenvalue weighted by Gasteiger charge is -2.21. The van der Waals surface area contributed by atoms with Gasteiger partial charge in [0.15, 0.2) is 5.82 Å². The largest absolute Gasteiger partial charge is 0.456 e. The fourth-order valence-electron chi connectivity index (χ4n) is 8.67. The fraction of sp³-hybridized carbons (Fsp3) is 0.0638. The lowest BCUT2D eigenvalue weighted by atomic mass is 9.81. The summed E-state index contributed by atoms with van der Waals surface area (Å²) in [7, 11) is 0. The molecule has 10 aromatic rings. The van der Waals surface area contributed by atoms with Crippen molar-refractivity contribution < 1.29 is 4.42 Å². The van der Waals surface area contributed by atoms with Gasteiger partial charge in [-0.15, -0.1) is 0 Å². The third-order valence-electron chi connectivity index (χ3n) is 11.0. The maximum Gasteiger partial charge on any atom is 0.160 e. The van der Waals surface area contributed by atoms with Crippen molar-refractivity contribution in [2.45, 2.75) is 19.3 Å². The van der Waals surface area contributed by atoms with E-state index in [0.717, 1.165) is 55.8 Å². The Hall–Kier alpha value is -6.52. The molecule has 0 N–H and O–H groups in total. The fourth-order valence-corrected chi connectivity index (χ4v) is 8.67. The molecule has 11 rings (SSSR count). The van der Waals surface area contributed by atoms with Crippen molar-refractivity contribution in [2.24, 2.45) is 0 Å². The number of rotatable bonds is 3. The molecule has 240 valence electrons. The van der Waals surface area contributed by atoms with Crippen molar-refractivity contribution in [3.63, 3.8) is 0 Å². The lowest BCUT2D eigenvalue weighted by molar-refractivity contribution is 0.620. The van der Waals surface area contributed by atoms with Crippen LogP contribution < -0.4 is 0 Å². The van der Waals surface area contributed by atoms with Crippen LogP contribution >= 0.6 is 0 Å². The molecule has 1 aliphatic carbocycles. The monoisotopic (exact) mass is 653 g/mol. The van der Waals surface area contributed by atoms with Crippen molar-refractivity contribution >= 4 is 54.6 Å². The summed E-state index contributed by atoms with van der Waals surface area (Å²) in [6.45, 7) is 4.68. The zero-order valence-electron chi connectivity index (χ0n) is 28.2. The van der Waals surface area contributed by atoms with E-state index in [-0.39, 0.29) is 5.41 Å². The molecule has 0 radical (unpaired) electrons. The Kier molecular flexibility index (Phi) is 5.70. The second-order valence-corrected chi connectivity index (χ2v) is 14.1. The van der Waals surface area contributed by atoms with Gasteiger partial charge in [-0.2, -0.15) is 0 Å². The van der Waals surface area contributed by atoms with Gasteiger partial charge in [0.05, 0.1) is 22.2 Å². The van der Waals surface area contributed by atoms with Crippen LogP contribution in [0.1, 0.15) is 25.0 Å². The Balaban J connectivity index is 1.10. The normalized spacial score (nSPS) is 13.5. The summed E-state index contributed by atoms with van der Waals surface area (Å²) < 4.78 is 9.02. The van der Waals surface area contributed by atoms with Gasteiger partial charge in [-0.1, -0.05) is 111 Å². The molecule has 0 spiro atoms. The van der Waals surface area contributed by atoms with Crippen LogP contribution in [0.25, 0.3) is 94.1 Å². The third kappa shape index (κ3) is 3.90. The van der Waals surface area contributed by atoms with E-state index in [1.54, 1.807) is 0 Å². The number of hydrogen-bond donors (Lipinski definition) is 0. The van der Waals surface area contributed by atoms with Gasteiger partial charge in [0, 0.05) is 54.7 Å². The summed E-state index contributed by atoms with van der Waals surface area (Å²) in [4.78, 5) is 10.1. The summed E-state index contributed by atoms with van der Waals surface area (Å²) >= 11 is 0. The van der Waals surface area contributed by atoms with Gasteiger partial charge in [-0.3, -0.25) is 0 Å². The smallest absolute Gasteiger partial charge is 0.160 e. The van der Waals surface area contributed by atoms with E-state index < -0.39 is 0 Å². The maximum absolute atomic E-state index is 6.62. The van der Waals surface area contributed by atoms with Gasteiger partial charge < -0.3 is 8.98 Å². The van der Waals surface area contributed by atoms with E-state index >= 15 is 0 Å². The standard InChI is InChI=1S/C47H31N3O/c1-47(2)36-26-27-39-42(41(36)35-25-24-32-31-14-8-11-19-40(31)51-45(32)43(35)47)34-16-7-10-18-38(34)50(39)30-22-20-29(21-23-30)46-48-37-17-9-6-15-33(37)44(49-46)28-12-4-3-5-13-28/h3-27H,1-2H3. The number of aromatic nitrogens is 3. The Labute approximate surface area is 294 Å². The van der Waals surface area contributed by atoms with Crippen LogP contribution in [-0.2, 0) is 5.41 Å². The number of hydrogen-bond acceptors (Lipinski definition) is 3. The molecule has 1 aliphatic rings. The lowest BCUT2D eigenvalue weighted by Crippen LogP contribution is -2.15. The molecule has 0 fully saturated rings. The number of furan rings is 1. The second-order valence-electron chi connectivity index (χ2n) is 14.1. The minimum Gasteiger partial charge on any atom is -0.456 e. The molecule has 7 aromatic carbocycles. The highest BCUT2D eigenvalue weighted by Crippen LogP contribution is 2.56. The van der Waals surface area contributed by atoms with Crippen molar-refractivity contribution in [3.8, 4) is 39.5 Å². The quantitative estimate of drug-likeness (QED) is 0.191. The zero-order chi connectivity index (χ0) is 33.8. The van der Waals surface area contributed by atoms with E-state index in [2.05, 4.69) is 146 Å². The summed E-state index contributed by atoms with van der Waals surface area (Å²) in [5.41, 5.74) is 14.3. The van der Waals surface area contributed by atoms with E-state index in [0.29, 0.717) is 0 Å². The molecule has 4 nitrogen and oxygen atoms in total. The second kappa shape index (κ2) is 10.3. The first-order chi connectivity index (χ1) is 25.1. The molecule has 0 saturated carbocycles. The molecule has 0 amide bonds. The minimum atomic E-state index is -0.227. The summed E-state index contributed by atoms with van der Waals surface area (Å²) in [5, 5.41) is 5.91. The molecule has 0 unspecified atom stereocenters. The summed E-state index contributed by atoms with van der Waals surface area (Å²) in [6, 6.07) is 53.7. The molecule has 51 heavy (non-hydrogen) atoms. The van der Waals surface area contributed by atoms with E-state index in [1.807, 2.05) is 24.3 Å². The number of fused-ring (bicyclic) bond motifs is 12. The van der Waals surface area contributed by atoms with Crippen LogP contribution in [-0.4, -0.2) is 14.5 Å². The highest BCUT2D eigenvalue weighted by atomic mass is 16.3.